The van der Waals surface area contributed by atoms with Gasteiger partial charge in [0.1, 0.15) is 17.5 Å². The fraction of sp³-hybridized carbons (Fsp3) is 0.556. The van der Waals surface area contributed by atoms with Crippen LogP contribution < -0.4 is 0 Å². The molecule has 1 unspecified atom stereocenters. The Bertz CT molecular complexity index is 807. The molecule has 138 valence electrons. The highest BCUT2D eigenvalue weighted by atomic mass is 16.4. The van der Waals surface area contributed by atoms with Crippen LogP contribution in [0.1, 0.15) is 23.6 Å². The van der Waals surface area contributed by atoms with Crippen LogP contribution in [0, 0.1) is 17.2 Å². The fourth-order valence-corrected chi connectivity index (χ4v) is 5.37. The van der Waals surface area contributed by atoms with E-state index in [9.17, 15) is 30.5 Å². The second kappa shape index (κ2) is 5.84. The zero-order valence-corrected chi connectivity index (χ0v) is 14.3. The molecule has 4 N–H and O–H groups in total. The first-order valence-electron chi connectivity index (χ1n) is 8.67. The smallest absolute Gasteiger partial charge is 0.308 e. The van der Waals surface area contributed by atoms with E-state index in [0.717, 1.165) is 0 Å². The monoisotopic (exact) mass is 359 g/mol. The minimum Gasteiger partial charge on any atom is -0.508 e. The van der Waals surface area contributed by atoms with Crippen LogP contribution in [0.25, 0.3) is 0 Å². The molecule has 0 aliphatic carbocycles. The number of hydrogen-bond donors (Lipinski definition) is 4. The maximum atomic E-state index is 11.8. The van der Waals surface area contributed by atoms with Crippen molar-refractivity contribution in [1.82, 2.24) is 9.80 Å². The van der Waals surface area contributed by atoms with Gasteiger partial charge in [0, 0.05) is 29.3 Å². The predicted molar refractivity (Wildman–Crippen MR) is 89.4 cm³/mol. The topological polar surface area (TPSA) is 128 Å². The number of carbonyl (C=O) groups is 1. The van der Waals surface area contributed by atoms with Crippen LogP contribution >= 0.6 is 0 Å². The largest absolute Gasteiger partial charge is 0.508 e. The van der Waals surface area contributed by atoms with Crippen molar-refractivity contribution in [2.24, 2.45) is 5.92 Å². The van der Waals surface area contributed by atoms with Crippen LogP contribution in [-0.2, 0) is 11.2 Å². The molecule has 8 nitrogen and oxygen atoms in total. The number of phenolic OH excluding ortho intramolecular Hbond substituents is 2. The number of rotatable bonds is 2. The van der Waals surface area contributed by atoms with Crippen molar-refractivity contribution >= 4 is 5.97 Å². The molecule has 3 heterocycles. The van der Waals surface area contributed by atoms with Crippen LogP contribution in [0.4, 0.5) is 0 Å². The Balaban J connectivity index is 1.90. The van der Waals surface area contributed by atoms with Gasteiger partial charge >= 0.3 is 5.97 Å². The number of hydrogen-bond acceptors (Lipinski definition) is 7. The molecule has 2 saturated heterocycles. The van der Waals surface area contributed by atoms with Crippen molar-refractivity contribution in [1.29, 1.82) is 5.26 Å². The summed E-state index contributed by atoms with van der Waals surface area (Å²) >= 11 is 0. The van der Waals surface area contributed by atoms with Crippen molar-refractivity contribution in [2.45, 2.75) is 43.1 Å². The molecule has 2 fully saturated rings. The van der Waals surface area contributed by atoms with Gasteiger partial charge in [-0.3, -0.25) is 14.6 Å². The van der Waals surface area contributed by atoms with Gasteiger partial charge in [-0.2, -0.15) is 5.26 Å². The molecule has 8 heteroatoms. The van der Waals surface area contributed by atoms with Gasteiger partial charge in [0.2, 0.25) is 0 Å². The van der Waals surface area contributed by atoms with E-state index in [1.54, 1.807) is 0 Å². The molecule has 1 aromatic rings. The maximum Gasteiger partial charge on any atom is 0.308 e. The Morgan fingerprint density at radius 2 is 2.00 bits per heavy atom. The molecule has 1 aromatic carbocycles. The number of aliphatic hydroxyl groups is 1. The van der Waals surface area contributed by atoms with Crippen LogP contribution in [0.15, 0.2) is 12.1 Å². The number of nitriles is 1. The van der Waals surface area contributed by atoms with Crippen LogP contribution in [0.2, 0.25) is 0 Å². The molecule has 3 aliphatic rings. The molecule has 3 aliphatic heterocycles. The van der Waals surface area contributed by atoms with Gasteiger partial charge < -0.3 is 20.4 Å². The summed E-state index contributed by atoms with van der Waals surface area (Å²) in [7, 11) is 1.84. The van der Waals surface area contributed by atoms with E-state index in [2.05, 4.69) is 6.07 Å². The summed E-state index contributed by atoms with van der Waals surface area (Å²) in [6, 6.07) is 2.88. The van der Waals surface area contributed by atoms with Gasteiger partial charge in [0.15, 0.2) is 0 Å². The summed E-state index contributed by atoms with van der Waals surface area (Å²) in [6.07, 6.45) is 0.684. The second-order valence-electron chi connectivity index (χ2n) is 7.39. The van der Waals surface area contributed by atoms with E-state index < -0.39 is 24.0 Å². The average Bonchev–Trinajstić information content (AvgIpc) is 2.87. The predicted octanol–water partition coefficient (Wildman–Crippen LogP) is 0.0372. The van der Waals surface area contributed by atoms with E-state index in [1.807, 2.05) is 16.8 Å². The zero-order valence-electron chi connectivity index (χ0n) is 14.3. The van der Waals surface area contributed by atoms with Gasteiger partial charge in [0.05, 0.1) is 24.6 Å². The molecule has 4 rings (SSSR count). The molecule has 0 saturated carbocycles. The Labute approximate surface area is 150 Å². The Kier molecular flexibility index (Phi) is 3.84. The number of piperazine rings is 1. The van der Waals surface area contributed by atoms with E-state index in [-0.39, 0.29) is 36.2 Å². The highest BCUT2D eigenvalue weighted by Crippen LogP contribution is 2.50. The third kappa shape index (κ3) is 2.08. The SMILES string of the molecule is CN1[C@@H]2[C@H](C(=O)O)C[C@H]1C(C#N)N1[C@@H](CO)c3c(O)ccc(O)c3C[C@@H]21. The normalized spacial score (nSPS) is 36.2. The lowest BCUT2D eigenvalue weighted by Gasteiger charge is -2.54. The first-order valence-corrected chi connectivity index (χ1v) is 8.67. The Morgan fingerprint density at radius 3 is 2.62 bits per heavy atom. The van der Waals surface area contributed by atoms with Crippen LogP contribution in [0.3, 0.4) is 0 Å². The average molecular weight is 359 g/mol. The summed E-state index contributed by atoms with van der Waals surface area (Å²) in [4.78, 5) is 15.6. The molecule has 0 spiro atoms. The third-order valence-electron chi connectivity index (χ3n) is 6.40. The summed E-state index contributed by atoms with van der Waals surface area (Å²) in [5, 5.41) is 50.2. The number of likely N-dealkylation sites (N-methyl/N-ethyl adjacent to an activating group) is 1. The number of aliphatic hydroxyl groups excluding tert-OH is 1. The first kappa shape index (κ1) is 17.1. The molecule has 26 heavy (non-hydrogen) atoms. The van der Waals surface area contributed by atoms with Crippen molar-refractivity contribution in [3.8, 4) is 17.6 Å². The number of aliphatic carboxylic acids is 1. The summed E-state index contributed by atoms with van der Waals surface area (Å²) in [5.41, 5.74) is 0.949. The molecule has 6 atom stereocenters. The summed E-state index contributed by atoms with van der Waals surface area (Å²) in [6.45, 7) is -0.334. The number of fused-ring (bicyclic) bond motifs is 5. The van der Waals surface area contributed by atoms with Crippen molar-refractivity contribution in [2.75, 3.05) is 13.7 Å². The number of phenols is 2. The number of aromatic hydroxyl groups is 2. The molecule has 0 radical (unpaired) electrons. The maximum absolute atomic E-state index is 11.8. The summed E-state index contributed by atoms with van der Waals surface area (Å²) < 4.78 is 0. The van der Waals surface area contributed by atoms with Gasteiger partial charge in [-0.1, -0.05) is 0 Å². The van der Waals surface area contributed by atoms with E-state index in [4.69, 9.17) is 0 Å². The van der Waals surface area contributed by atoms with Gasteiger partial charge in [0.25, 0.3) is 0 Å². The Morgan fingerprint density at radius 1 is 1.31 bits per heavy atom. The zero-order chi connectivity index (χ0) is 18.7. The lowest BCUT2D eigenvalue weighted by Crippen LogP contribution is -2.67. The first-order chi connectivity index (χ1) is 12.4. The lowest BCUT2D eigenvalue weighted by atomic mass is 9.80. The molecular formula is C18H21N3O5. The molecule has 0 aromatic heterocycles. The van der Waals surface area contributed by atoms with E-state index >= 15 is 0 Å². The minimum atomic E-state index is -0.894. The minimum absolute atomic E-state index is 0.0130. The highest BCUT2D eigenvalue weighted by molar-refractivity contribution is 5.72. The number of nitrogens with zero attached hydrogens (tertiary/aromatic N) is 3. The highest BCUT2D eigenvalue weighted by Gasteiger charge is 2.59. The molecular weight excluding hydrogens is 338 g/mol. The number of carboxylic acid groups (broad SMARTS) is 1. The molecule has 2 bridgehead atoms. The van der Waals surface area contributed by atoms with Gasteiger partial charge in [-0.25, -0.2) is 0 Å². The van der Waals surface area contributed by atoms with E-state index in [1.165, 1.54) is 12.1 Å². The van der Waals surface area contributed by atoms with Gasteiger partial charge in [-0.05, 0) is 32.0 Å². The Hall–Kier alpha value is -2.34. The second-order valence-corrected chi connectivity index (χ2v) is 7.39. The van der Waals surface area contributed by atoms with Gasteiger partial charge in [-0.15, -0.1) is 0 Å². The van der Waals surface area contributed by atoms with E-state index in [0.29, 0.717) is 24.0 Å². The van der Waals surface area contributed by atoms with Crippen LogP contribution in [-0.4, -0.2) is 74.0 Å². The number of benzene rings is 1. The third-order valence-corrected chi connectivity index (χ3v) is 6.40. The lowest BCUT2D eigenvalue weighted by molar-refractivity contribution is -0.144. The van der Waals surface area contributed by atoms with Crippen molar-refractivity contribution in [3.63, 3.8) is 0 Å². The fourth-order valence-electron chi connectivity index (χ4n) is 5.37. The van der Waals surface area contributed by atoms with Crippen molar-refractivity contribution < 1.29 is 25.2 Å². The molecule has 0 amide bonds. The number of carboxylic acids is 1. The quantitative estimate of drug-likeness (QED) is 0.545. The van der Waals surface area contributed by atoms with Crippen LogP contribution in [0.5, 0.6) is 11.5 Å². The summed E-state index contributed by atoms with van der Waals surface area (Å²) in [5.74, 6) is -1.53. The standard InChI is InChI=1S/C18H21N3O5/c1-20-10-5-9(18(25)26)17(20)11-4-8-14(23)2-3-15(24)16(8)13(7-22)21(11)12(10)6-19/h2-3,9-13,17,22-24H,4-5,7H2,1H3,(H,25,26)/t9-,10+,11+,12?,13+,17-/m1/s1. The van der Waals surface area contributed by atoms with Crippen molar-refractivity contribution in [3.05, 3.63) is 23.3 Å².